The van der Waals surface area contributed by atoms with E-state index < -0.39 is 0 Å². The van der Waals surface area contributed by atoms with Crippen LogP contribution in [0.3, 0.4) is 0 Å². The van der Waals surface area contributed by atoms with Gasteiger partial charge >= 0.3 is 5.97 Å². The lowest BCUT2D eigenvalue weighted by molar-refractivity contribution is -0.176. The van der Waals surface area contributed by atoms with Crippen molar-refractivity contribution in [3.8, 4) is 0 Å². The second-order valence-corrected chi connectivity index (χ2v) is 8.88. The van der Waals surface area contributed by atoms with Gasteiger partial charge in [-0.2, -0.15) is 0 Å². The number of ether oxygens (including phenoxy) is 1. The van der Waals surface area contributed by atoms with E-state index in [2.05, 4.69) is 48.5 Å². The summed E-state index contributed by atoms with van der Waals surface area (Å²) in [5.74, 6) is 0.593. The van der Waals surface area contributed by atoms with Crippen LogP contribution in [0, 0.1) is 22.2 Å². The first-order chi connectivity index (χ1) is 8.44. The van der Waals surface area contributed by atoms with E-state index >= 15 is 0 Å². The number of hydrogen-bond acceptors (Lipinski definition) is 2. The van der Waals surface area contributed by atoms with Crippen molar-refractivity contribution in [3.05, 3.63) is 0 Å². The highest BCUT2D eigenvalue weighted by molar-refractivity contribution is 5.72. The Bertz CT molecular complexity index is 385. The van der Waals surface area contributed by atoms with Gasteiger partial charge in [-0.05, 0) is 36.0 Å². The Morgan fingerprint density at radius 1 is 1.11 bits per heavy atom. The molecule has 1 spiro atoms. The molecule has 1 unspecified atom stereocenters. The lowest BCUT2D eigenvalue weighted by Crippen LogP contribution is -2.55. The molecule has 0 N–H and O–H groups in total. The SMILES string of the molecule is CC(C)(C)C1CC[C@@]2(CCC(=O)O2)[C@@]1(C)C(C)(C)C. The van der Waals surface area contributed by atoms with E-state index in [1.807, 2.05) is 0 Å². The van der Waals surface area contributed by atoms with Crippen LogP contribution in [0.25, 0.3) is 0 Å². The molecule has 110 valence electrons. The van der Waals surface area contributed by atoms with Crippen LogP contribution in [0.5, 0.6) is 0 Å². The summed E-state index contributed by atoms with van der Waals surface area (Å²) in [4.78, 5) is 11.8. The zero-order chi connectivity index (χ0) is 14.7. The molecule has 2 fully saturated rings. The Labute approximate surface area is 118 Å². The van der Waals surface area contributed by atoms with Crippen molar-refractivity contribution < 1.29 is 9.53 Å². The maximum absolute atomic E-state index is 11.8. The summed E-state index contributed by atoms with van der Waals surface area (Å²) in [6.45, 7) is 16.3. The normalized spacial score (nSPS) is 39.9. The highest BCUT2D eigenvalue weighted by Crippen LogP contribution is 2.67. The van der Waals surface area contributed by atoms with Crippen LogP contribution in [0.4, 0.5) is 0 Å². The van der Waals surface area contributed by atoms with Crippen molar-refractivity contribution in [2.24, 2.45) is 22.2 Å². The predicted octanol–water partition coefficient (Wildman–Crippen LogP) is 4.57. The average Bonchev–Trinajstić information content (AvgIpc) is 2.70. The van der Waals surface area contributed by atoms with Crippen molar-refractivity contribution in [2.75, 3.05) is 0 Å². The van der Waals surface area contributed by atoms with E-state index in [1.165, 1.54) is 6.42 Å². The molecule has 0 bridgehead atoms. The van der Waals surface area contributed by atoms with Crippen LogP contribution >= 0.6 is 0 Å². The van der Waals surface area contributed by atoms with E-state index in [1.54, 1.807) is 0 Å². The number of carbonyl (C=O) groups excluding carboxylic acids is 1. The van der Waals surface area contributed by atoms with E-state index in [0.29, 0.717) is 12.3 Å². The molecule has 1 heterocycles. The van der Waals surface area contributed by atoms with Crippen LogP contribution in [0.2, 0.25) is 0 Å². The number of carbonyl (C=O) groups is 1. The molecular formula is C17H30O2. The van der Waals surface area contributed by atoms with Crippen LogP contribution in [0.15, 0.2) is 0 Å². The van der Waals surface area contributed by atoms with Gasteiger partial charge in [0, 0.05) is 11.8 Å². The van der Waals surface area contributed by atoms with Gasteiger partial charge in [0.1, 0.15) is 5.60 Å². The summed E-state index contributed by atoms with van der Waals surface area (Å²) in [6.07, 6.45) is 3.72. The summed E-state index contributed by atoms with van der Waals surface area (Å²) in [5, 5.41) is 0. The van der Waals surface area contributed by atoms with Crippen LogP contribution in [0.1, 0.15) is 74.1 Å². The van der Waals surface area contributed by atoms with Gasteiger partial charge in [0.15, 0.2) is 0 Å². The third kappa shape index (κ3) is 1.94. The van der Waals surface area contributed by atoms with Gasteiger partial charge in [0.25, 0.3) is 0 Å². The largest absolute Gasteiger partial charge is 0.458 e. The van der Waals surface area contributed by atoms with Gasteiger partial charge in [-0.3, -0.25) is 4.79 Å². The van der Waals surface area contributed by atoms with Crippen molar-refractivity contribution in [1.82, 2.24) is 0 Å². The predicted molar refractivity (Wildman–Crippen MR) is 77.8 cm³/mol. The Kier molecular flexibility index (Phi) is 3.12. The van der Waals surface area contributed by atoms with Crippen molar-refractivity contribution >= 4 is 5.97 Å². The molecule has 0 aromatic rings. The Balaban J connectivity index is 2.51. The minimum Gasteiger partial charge on any atom is -0.458 e. The topological polar surface area (TPSA) is 26.3 Å². The third-order valence-electron chi connectivity index (χ3n) is 6.13. The molecule has 0 amide bonds. The van der Waals surface area contributed by atoms with Gasteiger partial charge < -0.3 is 4.74 Å². The summed E-state index contributed by atoms with van der Waals surface area (Å²) >= 11 is 0. The highest BCUT2D eigenvalue weighted by Gasteiger charge is 2.67. The Morgan fingerprint density at radius 2 is 1.68 bits per heavy atom. The summed E-state index contributed by atoms with van der Waals surface area (Å²) in [7, 11) is 0. The average molecular weight is 266 g/mol. The lowest BCUT2D eigenvalue weighted by Gasteiger charge is -2.55. The fourth-order valence-corrected chi connectivity index (χ4v) is 4.91. The first-order valence-corrected chi connectivity index (χ1v) is 7.66. The van der Waals surface area contributed by atoms with Crippen molar-refractivity contribution in [1.29, 1.82) is 0 Å². The van der Waals surface area contributed by atoms with Crippen LogP contribution in [-0.4, -0.2) is 11.6 Å². The molecule has 2 aliphatic rings. The quantitative estimate of drug-likeness (QED) is 0.600. The van der Waals surface area contributed by atoms with Crippen LogP contribution in [-0.2, 0) is 9.53 Å². The summed E-state index contributed by atoms with van der Waals surface area (Å²) in [5.41, 5.74) is 0.206. The number of rotatable bonds is 0. The van der Waals surface area contributed by atoms with Crippen LogP contribution < -0.4 is 0 Å². The molecule has 1 saturated carbocycles. The monoisotopic (exact) mass is 266 g/mol. The van der Waals surface area contributed by atoms with Crippen molar-refractivity contribution in [3.63, 3.8) is 0 Å². The number of hydrogen-bond donors (Lipinski definition) is 0. The molecule has 1 saturated heterocycles. The minimum atomic E-state index is -0.222. The molecule has 1 aliphatic heterocycles. The van der Waals surface area contributed by atoms with Gasteiger partial charge in [-0.25, -0.2) is 0 Å². The van der Waals surface area contributed by atoms with Gasteiger partial charge in [-0.1, -0.05) is 48.5 Å². The second kappa shape index (κ2) is 3.99. The first-order valence-electron chi connectivity index (χ1n) is 7.66. The fourth-order valence-electron chi connectivity index (χ4n) is 4.91. The molecule has 0 aromatic heterocycles. The summed E-state index contributed by atoms with van der Waals surface area (Å²) < 4.78 is 5.94. The van der Waals surface area contributed by atoms with E-state index in [-0.39, 0.29) is 27.8 Å². The second-order valence-electron chi connectivity index (χ2n) is 8.88. The number of esters is 1. The fraction of sp³-hybridized carbons (Fsp3) is 0.941. The molecular weight excluding hydrogens is 236 g/mol. The Morgan fingerprint density at radius 3 is 2.05 bits per heavy atom. The van der Waals surface area contributed by atoms with Gasteiger partial charge in [0.05, 0.1) is 0 Å². The smallest absolute Gasteiger partial charge is 0.306 e. The van der Waals surface area contributed by atoms with E-state index in [4.69, 9.17) is 4.74 Å². The molecule has 2 heteroatoms. The Hall–Kier alpha value is -0.530. The molecule has 2 nitrogen and oxygen atoms in total. The van der Waals surface area contributed by atoms with E-state index in [0.717, 1.165) is 12.8 Å². The molecule has 0 radical (unpaired) electrons. The zero-order valence-electron chi connectivity index (χ0n) is 13.7. The summed E-state index contributed by atoms with van der Waals surface area (Å²) in [6, 6.07) is 0. The maximum Gasteiger partial charge on any atom is 0.306 e. The first kappa shape index (κ1) is 14.9. The molecule has 0 aromatic carbocycles. The molecule has 19 heavy (non-hydrogen) atoms. The van der Waals surface area contributed by atoms with Gasteiger partial charge in [0.2, 0.25) is 0 Å². The highest BCUT2D eigenvalue weighted by atomic mass is 16.6. The minimum absolute atomic E-state index is 0.00466. The standard InChI is InChI=1S/C17H30O2/c1-14(2,3)12-8-10-17(11-9-13(18)19-17)16(12,7)15(4,5)6/h12H,8-11H2,1-7H3/t12?,16-,17-/m1/s1. The van der Waals surface area contributed by atoms with Gasteiger partial charge in [-0.15, -0.1) is 0 Å². The van der Waals surface area contributed by atoms with Crippen molar-refractivity contribution in [2.45, 2.75) is 79.8 Å². The van der Waals surface area contributed by atoms with E-state index in [9.17, 15) is 4.79 Å². The third-order valence-corrected chi connectivity index (χ3v) is 6.13. The lowest BCUT2D eigenvalue weighted by atomic mass is 9.51. The molecule has 1 aliphatic carbocycles. The zero-order valence-corrected chi connectivity index (χ0v) is 13.7. The molecule has 3 atom stereocenters. The molecule has 2 rings (SSSR count). The maximum atomic E-state index is 11.8.